The first kappa shape index (κ1) is 28.3. The van der Waals surface area contributed by atoms with Crippen molar-refractivity contribution in [2.24, 2.45) is 0 Å². The average molecular weight is 600 g/mol. The summed E-state index contributed by atoms with van der Waals surface area (Å²) in [5.74, 6) is 2.17. The van der Waals surface area contributed by atoms with Gasteiger partial charge in [-0.3, -0.25) is 4.79 Å². The molecule has 0 spiro atoms. The number of phenols is 1. The molecule has 0 aliphatic heterocycles. The first-order chi connectivity index (χ1) is 22.1. The summed E-state index contributed by atoms with van der Waals surface area (Å²) in [5.41, 5.74) is 6.97. The predicted octanol–water partition coefficient (Wildman–Crippen LogP) is 6.70. The molecule has 1 amide bonds. The van der Waals surface area contributed by atoms with Crippen molar-refractivity contribution in [3.8, 4) is 45.4 Å². The number of imidazole rings is 1. The van der Waals surface area contributed by atoms with E-state index < -0.39 is 0 Å². The number of hydrogen-bond acceptors (Lipinski definition) is 7. The number of tetrazole rings is 1. The second-order valence-electron chi connectivity index (χ2n) is 11.4. The maximum absolute atomic E-state index is 12.4. The van der Waals surface area contributed by atoms with Gasteiger partial charge in [0, 0.05) is 29.8 Å². The number of ether oxygens (including phenoxy) is 1. The Bertz CT molecular complexity index is 1960. The van der Waals surface area contributed by atoms with Gasteiger partial charge in [-0.05, 0) is 101 Å². The smallest absolute Gasteiger partial charge is 0.251 e. The van der Waals surface area contributed by atoms with Gasteiger partial charge >= 0.3 is 0 Å². The molecule has 10 heteroatoms. The Balaban J connectivity index is 1.19. The fourth-order valence-electron chi connectivity index (χ4n) is 6.25. The largest absolute Gasteiger partial charge is 0.508 e. The number of nitrogens with one attached hydrogen (secondary N) is 2. The van der Waals surface area contributed by atoms with E-state index in [4.69, 9.17) is 9.72 Å². The van der Waals surface area contributed by atoms with E-state index in [1.165, 1.54) is 19.3 Å². The Morgan fingerprint density at radius 2 is 1.78 bits per heavy atom. The first-order valence-corrected chi connectivity index (χ1v) is 15.2. The topological polar surface area (TPSA) is 131 Å². The SMILES string of the molecule is CNC(=O)c1ccc(-c2cccc(O)c2)c(COc2ccc(-c3nc4cc(-c5nn[nH]n5)ccc4n3C3CCCCC3)cc2)c1. The molecule has 45 heavy (non-hydrogen) atoms. The monoisotopic (exact) mass is 599 g/mol. The van der Waals surface area contributed by atoms with Crippen LogP contribution in [0.1, 0.15) is 54.1 Å². The van der Waals surface area contributed by atoms with E-state index >= 15 is 0 Å². The Morgan fingerprint density at radius 1 is 0.956 bits per heavy atom. The number of fused-ring (bicyclic) bond motifs is 1. The van der Waals surface area contributed by atoms with Gasteiger partial charge in [-0.25, -0.2) is 4.98 Å². The highest BCUT2D eigenvalue weighted by Gasteiger charge is 2.23. The number of benzene rings is 4. The van der Waals surface area contributed by atoms with E-state index in [9.17, 15) is 9.90 Å². The number of hydrogen-bond donors (Lipinski definition) is 3. The lowest BCUT2D eigenvalue weighted by Gasteiger charge is -2.25. The highest BCUT2D eigenvalue weighted by molar-refractivity contribution is 5.95. The molecule has 0 atom stereocenters. The molecule has 0 unspecified atom stereocenters. The molecule has 2 heterocycles. The molecule has 1 aliphatic rings. The maximum atomic E-state index is 12.4. The molecule has 0 saturated heterocycles. The average Bonchev–Trinajstić information content (AvgIpc) is 3.76. The van der Waals surface area contributed by atoms with Crippen LogP contribution >= 0.6 is 0 Å². The highest BCUT2D eigenvalue weighted by atomic mass is 16.5. The number of aromatic nitrogens is 6. The van der Waals surface area contributed by atoms with Gasteiger partial charge in [-0.15, -0.1) is 10.2 Å². The third-order valence-electron chi connectivity index (χ3n) is 8.49. The van der Waals surface area contributed by atoms with Gasteiger partial charge in [0.2, 0.25) is 5.82 Å². The number of rotatable bonds is 8. The number of carbonyl (C=O) groups is 1. The van der Waals surface area contributed by atoms with Crippen molar-refractivity contribution < 1.29 is 14.6 Å². The zero-order chi connectivity index (χ0) is 30.8. The lowest BCUT2D eigenvalue weighted by molar-refractivity contribution is 0.0963. The Morgan fingerprint density at radius 3 is 2.53 bits per heavy atom. The van der Waals surface area contributed by atoms with Gasteiger partial charge in [-0.1, -0.05) is 37.5 Å². The minimum Gasteiger partial charge on any atom is -0.508 e. The van der Waals surface area contributed by atoms with Crippen LogP contribution in [-0.2, 0) is 6.61 Å². The van der Waals surface area contributed by atoms with E-state index in [2.05, 4.69) is 36.6 Å². The lowest BCUT2D eigenvalue weighted by Crippen LogP contribution is -2.18. The summed E-state index contributed by atoms with van der Waals surface area (Å²) in [6, 6.07) is 27.1. The van der Waals surface area contributed by atoms with Crippen LogP contribution in [0.3, 0.4) is 0 Å². The molecule has 6 aromatic rings. The van der Waals surface area contributed by atoms with Crippen molar-refractivity contribution in [3.63, 3.8) is 0 Å². The molecule has 10 nitrogen and oxygen atoms in total. The van der Waals surface area contributed by atoms with Gasteiger partial charge < -0.3 is 19.7 Å². The molecule has 3 N–H and O–H groups in total. The minimum absolute atomic E-state index is 0.173. The molecule has 1 saturated carbocycles. The lowest BCUT2D eigenvalue weighted by atomic mass is 9.95. The fourth-order valence-corrected chi connectivity index (χ4v) is 6.25. The Hall–Kier alpha value is -5.51. The summed E-state index contributed by atoms with van der Waals surface area (Å²) in [5, 5.41) is 27.3. The molecule has 0 bridgehead atoms. The van der Waals surface area contributed by atoms with E-state index in [0.717, 1.165) is 57.5 Å². The van der Waals surface area contributed by atoms with E-state index in [0.29, 0.717) is 23.2 Å². The van der Waals surface area contributed by atoms with Gasteiger partial charge in [0.15, 0.2) is 0 Å². The van der Waals surface area contributed by atoms with Crippen LogP contribution in [0, 0.1) is 0 Å². The van der Waals surface area contributed by atoms with E-state index in [-0.39, 0.29) is 18.3 Å². The van der Waals surface area contributed by atoms with Crippen LogP contribution in [-0.4, -0.2) is 48.2 Å². The summed E-state index contributed by atoms with van der Waals surface area (Å²) >= 11 is 0. The fraction of sp³-hybridized carbons (Fsp3) is 0.229. The van der Waals surface area contributed by atoms with Crippen molar-refractivity contribution >= 4 is 16.9 Å². The number of amides is 1. The normalized spacial score (nSPS) is 13.6. The predicted molar refractivity (Wildman–Crippen MR) is 172 cm³/mol. The molecular weight excluding hydrogens is 566 g/mol. The molecule has 4 aromatic carbocycles. The van der Waals surface area contributed by atoms with E-state index in [1.54, 1.807) is 31.3 Å². The third-order valence-corrected chi connectivity index (χ3v) is 8.49. The quantitative estimate of drug-likeness (QED) is 0.177. The molecule has 0 radical (unpaired) electrons. The van der Waals surface area contributed by atoms with Crippen molar-refractivity contribution in [1.29, 1.82) is 0 Å². The zero-order valence-electron chi connectivity index (χ0n) is 24.9. The number of carbonyl (C=O) groups excluding carboxylic acids is 1. The minimum atomic E-state index is -0.173. The van der Waals surface area contributed by atoms with Crippen LogP contribution in [0.5, 0.6) is 11.5 Å². The summed E-state index contributed by atoms with van der Waals surface area (Å²) in [6.07, 6.45) is 5.95. The molecule has 7 rings (SSSR count). The molecule has 1 aliphatic carbocycles. The van der Waals surface area contributed by atoms with Crippen LogP contribution in [0.15, 0.2) is 84.9 Å². The first-order valence-electron chi connectivity index (χ1n) is 15.2. The standard InChI is InChI=1S/C35H33N7O3/c1-36-35(44)25-12-16-30(23-6-5-9-28(43)19-23)26(18-25)21-45-29-14-10-22(11-15-29)34-37-31-20-24(33-38-40-41-39-33)13-17-32(31)42(34)27-7-3-2-4-8-27/h5-6,9-20,27,43H,2-4,7-8,21H2,1H3,(H,36,44)(H,38,39,40,41). The van der Waals surface area contributed by atoms with Crippen molar-refractivity contribution in [1.82, 2.24) is 35.5 Å². The number of H-pyrrole nitrogens is 1. The van der Waals surface area contributed by atoms with Crippen LogP contribution < -0.4 is 10.1 Å². The number of aromatic hydroxyl groups is 1. The molecule has 226 valence electrons. The van der Waals surface area contributed by atoms with Gasteiger partial charge in [0.1, 0.15) is 23.9 Å². The maximum Gasteiger partial charge on any atom is 0.251 e. The number of nitrogens with zero attached hydrogens (tertiary/aromatic N) is 5. The van der Waals surface area contributed by atoms with Gasteiger partial charge in [0.05, 0.1) is 11.0 Å². The summed E-state index contributed by atoms with van der Waals surface area (Å²) in [7, 11) is 1.61. The number of aromatic amines is 1. The van der Waals surface area contributed by atoms with E-state index in [1.807, 2.05) is 54.6 Å². The van der Waals surface area contributed by atoms with Gasteiger partial charge in [-0.2, -0.15) is 5.21 Å². The summed E-state index contributed by atoms with van der Waals surface area (Å²) in [4.78, 5) is 17.5. The second-order valence-corrected chi connectivity index (χ2v) is 11.4. The summed E-state index contributed by atoms with van der Waals surface area (Å²) < 4.78 is 8.66. The van der Waals surface area contributed by atoms with Crippen LogP contribution in [0.2, 0.25) is 0 Å². The number of phenolic OH excluding ortho intramolecular Hbond substituents is 1. The van der Waals surface area contributed by atoms with Crippen molar-refractivity contribution in [2.45, 2.75) is 44.8 Å². The van der Waals surface area contributed by atoms with Crippen molar-refractivity contribution in [3.05, 3.63) is 96.1 Å². The van der Waals surface area contributed by atoms with Crippen LogP contribution in [0.4, 0.5) is 0 Å². The zero-order valence-corrected chi connectivity index (χ0v) is 24.9. The Kier molecular flexibility index (Phi) is 7.69. The molecule has 1 fully saturated rings. The molecular formula is C35H33N7O3. The van der Waals surface area contributed by atoms with Crippen molar-refractivity contribution in [2.75, 3.05) is 7.05 Å². The van der Waals surface area contributed by atoms with Gasteiger partial charge in [0.25, 0.3) is 5.91 Å². The highest BCUT2D eigenvalue weighted by Crippen LogP contribution is 2.37. The third kappa shape index (κ3) is 5.74. The molecule has 2 aromatic heterocycles. The summed E-state index contributed by atoms with van der Waals surface area (Å²) in [6.45, 7) is 0.245. The Labute approximate surface area is 260 Å². The van der Waals surface area contributed by atoms with Crippen LogP contribution in [0.25, 0.3) is 44.9 Å². The second kappa shape index (κ2) is 12.2.